The van der Waals surface area contributed by atoms with Gasteiger partial charge in [0.25, 0.3) is 0 Å². The summed E-state index contributed by atoms with van der Waals surface area (Å²) in [5.74, 6) is -3.88. The van der Waals surface area contributed by atoms with Gasteiger partial charge >= 0.3 is 23.9 Å². The van der Waals surface area contributed by atoms with Crippen molar-refractivity contribution in [3.05, 3.63) is 92.8 Å². The van der Waals surface area contributed by atoms with E-state index in [-0.39, 0.29) is 42.6 Å². The first-order valence-electron chi connectivity index (χ1n) is 17.8. The first-order valence-corrected chi connectivity index (χ1v) is 17.8. The van der Waals surface area contributed by atoms with Crippen LogP contribution in [0.2, 0.25) is 0 Å². The van der Waals surface area contributed by atoms with Crippen LogP contribution in [0.4, 0.5) is 0 Å². The van der Waals surface area contributed by atoms with Crippen molar-refractivity contribution in [1.82, 2.24) is 4.98 Å². The lowest BCUT2D eigenvalue weighted by atomic mass is 9.62. The van der Waals surface area contributed by atoms with Crippen LogP contribution in [0.1, 0.15) is 69.0 Å². The zero-order valence-electron chi connectivity index (χ0n) is 31.3. The van der Waals surface area contributed by atoms with Gasteiger partial charge in [-0.15, -0.1) is 6.58 Å². The Morgan fingerprint density at radius 1 is 0.962 bits per heavy atom. The number of esters is 3. The second-order valence-corrected chi connectivity index (χ2v) is 14.3. The number of allylic oxidation sites excluding steroid dienone is 8. The van der Waals surface area contributed by atoms with Crippen molar-refractivity contribution in [2.45, 2.75) is 72.6 Å². The van der Waals surface area contributed by atoms with Gasteiger partial charge in [-0.2, -0.15) is 0 Å². The molecule has 4 aliphatic heterocycles. The molecule has 8 bridgehead atoms. The number of carboxylic acids is 1. The predicted molar refractivity (Wildman–Crippen MR) is 200 cm³/mol. The Morgan fingerprint density at radius 2 is 1.72 bits per heavy atom. The Bertz CT molecular complexity index is 2080. The number of aromatic nitrogens is 1. The number of methoxy groups -OCH3 is 3. The van der Waals surface area contributed by atoms with Gasteiger partial charge in [-0.1, -0.05) is 25.2 Å². The number of fused-ring (bicyclic) bond motifs is 8. The number of aromatic amines is 1. The largest absolute Gasteiger partial charge is 0.481 e. The van der Waals surface area contributed by atoms with E-state index in [1.54, 1.807) is 6.08 Å². The Balaban J connectivity index is 1.57. The van der Waals surface area contributed by atoms with Crippen molar-refractivity contribution in [2.24, 2.45) is 38.1 Å². The number of rotatable bonds is 9. The maximum absolute atomic E-state index is 13.7. The molecular formula is C41H46N4O8. The molecule has 0 radical (unpaired) electrons. The van der Waals surface area contributed by atoms with Gasteiger partial charge in [-0.3, -0.25) is 29.4 Å². The lowest BCUT2D eigenvalue weighted by molar-refractivity contribution is -0.149. The number of hydrogen-bond donors (Lipinski definition) is 2. The van der Waals surface area contributed by atoms with Crippen molar-refractivity contribution in [3.63, 3.8) is 0 Å². The molecule has 278 valence electrons. The standard InChI is InChI=1S/C41H46N4O8/c1-9-23-20(2)29-17-34-27-13-10-26(39(49)52-7)38(40(50)53-8)41(27,5)35(45-34)19-30-22(4)24(11-14-36(46)47)32(44-30)18-33-25(12-15-37(48)51-6)21(3)28(43-33)16-31(23)42-29/h9-10,13,17,22-23,38,43H,1,11-12,14-16,18-19H2,2-8H3,(H,46,47)/t22?,23?,38-,41+/m1/s1. The molecule has 2 unspecified atom stereocenters. The zero-order valence-corrected chi connectivity index (χ0v) is 31.3. The van der Waals surface area contributed by atoms with Gasteiger partial charge in [0.15, 0.2) is 0 Å². The van der Waals surface area contributed by atoms with E-state index in [0.29, 0.717) is 37.1 Å². The minimum absolute atomic E-state index is 0.0659. The summed E-state index contributed by atoms with van der Waals surface area (Å²) in [5.41, 5.74) is 9.98. The first-order chi connectivity index (χ1) is 25.3. The number of carbonyl (C=O) groups is 4. The maximum atomic E-state index is 13.7. The predicted octanol–water partition coefficient (Wildman–Crippen LogP) is 5.83. The molecular weight excluding hydrogens is 676 g/mol. The van der Waals surface area contributed by atoms with Crippen LogP contribution in [0.3, 0.4) is 0 Å². The van der Waals surface area contributed by atoms with Crippen molar-refractivity contribution in [1.29, 1.82) is 0 Å². The lowest BCUT2D eigenvalue weighted by Crippen LogP contribution is -2.45. The molecule has 0 fully saturated rings. The molecule has 6 rings (SSSR count). The van der Waals surface area contributed by atoms with Crippen LogP contribution < -0.4 is 0 Å². The number of ether oxygens (including phenoxy) is 3. The fourth-order valence-electron chi connectivity index (χ4n) is 8.50. The van der Waals surface area contributed by atoms with E-state index in [2.05, 4.69) is 11.6 Å². The molecule has 4 atom stereocenters. The number of carboxylic acid groups (broad SMARTS) is 1. The topological polar surface area (TPSA) is 169 Å². The molecule has 1 aromatic rings. The van der Waals surface area contributed by atoms with E-state index in [9.17, 15) is 24.3 Å². The summed E-state index contributed by atoms with van der Waals surface area (Å²) in [6.07, 6.45) is 9.27. The van der Waals surface area contributed by atoms with E-state index < -0.39 is 29.2 Å². The zero-order chi connectivity index (χ0) is 38.4. The number of nitrogens with zero attached hydrogens (tertiary/aromatic N) is 3. The number of carbonyl (C=O) groups excluding carboxylic acids is 3. The fourth-order valence-corrected chi connectivity index (χ4v) is 8.50. The number of nitrogens with one attached hydrogen (secondary N) is 1. The smallest absolute Gasteiger partial charge is 0.334 e. The van der Waals surface area contributed by atoms with Gasteiger partial charge in [0.2, 0.25) is 0 Å². The van der Waals surface area contributed by atoms with Crippen molar-refractivity contribution in [3.8, 4) is 0 Å². The molecule has 0 spiro atoms. The van der Waals surface area contributed by atoms with E-state index >= 15 is 0 Å². The number of aliphatic carboxylic acids is 1. The summed E-state index contributed by atoms with van der Waals surface area (Å²) < 4.78 is 15.4. The third-order valence-corrected chi connectivity index (χ3v) is 11.6. The Hall–Kier alpha value is -5.39. The van der Waals surface area contributed by atoms with Crippen LogP contribution in [-0.4, -0.2) is 72.4 Å². The highest BCUT2D eigenvalue weighted by Gasteiger charge is 2.55. The highest BCUT2D eigenvalue weighted by molar-refractivity contribution is 6.15. The summed E-state index contributed by atoms with van der Waals surface area (Å²) in [6.45, 7) is 12.1. The molecule has 12 nitrogen and oxygen atoms in total. The van der Waals surface area contributed by atoms with E-state index in [4.69, 9.17) is 29.2 Å². The van der Waals surface area contributed by atoms with Crippen molar-refractivity contribution < 1.29 is 38.5 Å². The van der Waals surface area contributed by atoms with Gasteiger partial charge in [0, 0.05) is 78.2 Å². The Labute approximate surface area is 308 Å². The van der Waals surface area contributed by atoms with Gasteiger partial charge in [-0.05, 0) is 67.5 Å². The van der Waals surface area contributed by atoms with Gasteiger partial charge in [0.05, 0.1) is 43.7 Å². The molecule has 12 heteroatoms. The minimum atomic E-state index is -1.11. The molecule has 0 saturated carbocycles. The van der Waals surface area contributed by atoms with Crippen LogP contribution in [0.25, 0.3) is 0 Å². The molecule has 0 saturated heterocycles. The number of hydrogen-bond acceptors (Lipinski definition) is 10. The maximum Gasteiger partial charge on any atom is 0.334 e. The van der Waals surface area contributed by atoms with E-state index in [0.717, 1.165) is 62.1 Å². The van der Waals surface area contributed by atoms with Crippen molar-refractivity contribution in [2.75, 3.05) is 21.3 Å². The van der Waals surface area contributed by atoms with Gasteiger partial charge in [-0.25, -0.2) is 4.79 Å². The van der Waals surface area contributed by atoms with E-state index in [1.807, 2.05) is 45.9 Å². The average Bonchev–Trinajstić information content (AvgIpc) is 3.79. The van der Waals surface area contributed by atoms with Crippen LogP contribution >= 0.6 is 0 Å². The summed E-state index contributed by atoms with van der Waals surface area (Å²) in [7, 11) is 3.94. The third kappa shape index (κ3) is 6.48. The normalized spacial score (nSPS) is 24.7. The summed E-state index contributed by atoms with van der Waals surface area (Å²) in [4.78, 5) is 70.2. The average molecular weight is 723 g/mol. The van der Waals surface area contributed by atoms with Crippen LogP contribution in [0.15, 0.2) is 85.2 Å². The minimum Gasteiger partial charge on any atom is -0.481 e. The molecule has 5 aliphatic rings. The second-order valence-electron chi connectivity index (χ2n) is 14.3. The van der Waals surface area contributed by atoms with Gasteiger partial charge in [0.1, 0.15) is 5.92 Å². The van der Waals surface area contributed by atoms with Gasteiger partial charge < -0.3 is 24.3 Å². The third-order valence-electron chi connectivity index (χ3n) is 11.6. The number of aliphatic imine (C=N–C) groups is 3. The Morgan fingerprint density at radius 3 is 2.38 bits per heavy atom. The number of H-pyrrole nitrogens is 1. The summed E-state index contributed by atoms with van der Waals surface area (Å²) >= 11 is 0. The summed E-state index contributed by atoms with van der Waals surface area (Å²) in [5, 5.41) is 9.70. The highest BCUT2D eigenvalue weighted by Crippen LogP contribution is 2.54. The van der Waals surface area contributed by atoms with Crippen molar-refractivity contribution >= 4 is 41.0 Å². The highest BCUT2D eigenvalue weighted by atomic mass is 16.5. The molecule has 0 amide bonds. The fraction of sp³-hybridized carbons (Fsp3) is 0.439. The molecule has 1 aliphatic carbocycles. The van der Waals surface area contributed by atoms with Crippen LogP contribution in [-0.2, 0) is 52.7 Å². The Kier molecular flexibility index (Phi) is 10.3. The first kappa shape index (κ1) is 37.4. The van der Waals surface area contributed by atoms with Crippen LogP contribution in [0.5, 0.6) is 0 Å². The molecule has 5 heterocycles. The summed E-state index contributed by atoms with van der Waals surface area (Å²) in [6, 6.07) is 0. The monoisotopic (exact) mass is 722 g/mol. The molecule has 0 aromatic carbocycles. The molecule has 1 aromatic heterocycles. The molecule has 2 N–H and O–H groups in total. The van der Waals surface area contributed by atoms with Crippen LogP contribution in [0, 0.1) is 30.1 Å². The quantitative estimate of drug-likeness (QED) is 0.182. The molecule has 53 heavy (non-hydrogen) atoms. The second kappa shape index (κ2) is 14.6. The van der Waals surface area contributed by atoms with E-state index in [1.165, 1.54) is 21.3 Å². The lowest BCUT2D eigenvalue weighted by Gasteiger charge is -2.38. The SMILES string of the molecule is C=CC1C2=NC(=C1C)C=C1N=C(CC3=NC(=C(CCC(=O)O)C3C)Cc3[nH]c(c(C)c3CCC(=O)OC)C2)[C@]2(C)C1=CC=C(C(=O)OC)[C@@H]2C(=O)OC.